The molecule has 0 aromatic rings. The van der Waals surface area contributed by atoms with Gasteiger partial charge in [0.25, 0.3) is 11.8 Å². The fourth-order valence-electron chi connectivity index (χ4n) is 1.04. The molecule has 1 atom stereocenters. The zero-order chi connectivity index (χ0) is 8.59. The van der Waals surface area contributed by atoms with Crippen LogP contribution in [0.3, 0.4) is 0 Å². The summed E-state index contributed by atoms with van der Waals surface area (Å²) in [7, 11) is 0. The van der Waals surface area contributed by atoms with Crippen molar-refractivity contribution in [3.8, 4) is 0 Å². The molecule has 4 heteroatoms. The van der Waals surface area contributed by atoms with E-state index in [0.29, 0.717) is 11.1 Å². The smallest absolute Gasteiger partial charge is 0.255 e. The number of carbonyl (C=O) groups excluding carboxylic acids is 2. The van der Waals surface area contributed by atoms with Gasteiger partial charge in [0.05, 0.1) is 0 Å². The van der Waals surface area contributed by atoms with Crippen LogP contribution in [0.25, 0.3) is 0 Å². The summed E-state index contributed by atoms with van der Waals surface area (Å²) in [5, 5.41) is 2.22. The average Bonchev–Trinajstić information content (AvgIpc) is 2.07. The summed E-state index contributed by atoms with van der Waals surface area (Å²) in [6.07, 6.45) is 0. The van der Waals surface area contributed by atoms with Gasteiger partial charge in [-0.1, -0.05) is 15.9 Å². The molecular formula is C7H8BrNO2. The number of alkyl halides is 1. The largest absolute Gasteiger partial charge is 0.289 e. The Morgan fingerprint density at radius 1 is 1.36 bits per heavy atom. The molecule has 0 unspecified atom stereocenters. The van der Waals surface area contributed by atoms with Crippen molar-refractivity contribution < 1.29 is 9.59 Å². The van der Waals surface area contributed by atoms with Crippen LogP contribution in [0, 0.1) is 0 Å². The summed E-state index contributed by atoms with van der Waals surface area (Å²) < 4.78 is 0. The molecule has 0 aromatic carbocycles. The van der Waals surface area contributed by atoms with Gasteiger partial charge >= 0.3 is 0 Å². The van der Waals surface area contributed by atoms with E-state index in [9.17, 15) is 9.59 Å². The van der Waals surface area contributed by atoms with Gasteiger partial charge in [0.15, 0.2) is 0 Å². The molecule has 0 saturated heterocycles. The van der Waals surface area contributed by atoms with E-state index < -0.39 is 0 Å². The quantitative estimate of drug-likeness (QED) is 0.521. The van der Waals surface area contributed by atoms with Gasteiger partial charge in [0.2, 0.25) is 0 Å². The lowest BCUT2D eigenvalue weighted by atomic mass is 10.1. The van der Waals surface area contributed by atoms with E-state index in [1.807, 2.05) is 6.92 Å². The molecule has 1 heterocycles. The van der Waals surface area contributed by atoms with Crippen LogP contribution in [0.4, 0.5) is 0 Å². The summed E-state index contributed by atoms with van der Waals surface area (Å²) >= 11 is 3.24. The van der Waals surface area contributed by atoms with Crippen molar-refractivity contribution >= 4 is 27.7 Å². The van der Waals surface area contributed by atoms with Gasteiger partial charge in [-0.05, 0) is 13.8 Å². The summed E-state index contributed by atoms with van der Waals surface area (Å²) in [5.41, 5.74) is 1.05. The van der Waals surface area contributed by atoms with Gasteiger partial charge < -0.3 is 0 Å². The highest BCUT2D eigenvalue weighted by Gasteiger charge is 2.29. The first-order valence-corrected chi connectivity index (χ1v) is 4.16. The normalized spacial score (nSPS) is 20.6. The van der Waals surface area contributed by atoms with E-state index in [1.165, 1.54) is 0 Å². The summed E-state index contributed by atoms with van der Waals surface area (Å²) in [6, 6.07) is 0. The predicted molar refractivity (Wildman–Crippen MR) is 44.2 cm³/mol. The van der Waals surface area contributed by atoms with Crippen molar-refractivity contribution in [2.24, 2.45) is 0 Å². The Bertz CT molecular complexity index is 255. The maximum atomic E-state index is 11.0. The van der Waals surface area contributed by atoms with E-state index in [2.05, 4.69) is 21.2 Å². The molecule has 3 nitrogen and oxygen atoms in total. The molecule has 60 valence electrons. The molecule has 11 heavy (non-hydrogen) atoms. The molecule has 0 spiro atoms. The SMILES string of the molecule is CC1=C([C@@H](C)Br)C(=O)NC1=O. The van der Waals surface area contributed by atoms with Crippen LogP contribution in [0.15, 0.2) is 11.1 Å². The number of hydrogen-bond acceptors (Lipinski definition) is 2. The van der Waals surface area contributed by atoms with Crippen molar-refractivity contribution in [3.05, 3.63) is 11.1 Å². The van der Waals surface area contributed by atoms with Crippen LogP contribution in [0.1, 0.15) is 13.8 Å². The van der Waals surface area contributed by atoms with Crippen LogP contribution in [-0.2, 0) is 9.59 Å². The Balaban J connectivity index is 3.07. The van der Waals surface area contributed by atoms with Crippen LogP contribution in [-0.4, -0.2) is 16.6 Å². The first-order chi connectivity index (χ1) is 5.04. The Morgan fingerprint density at radius 2 is 1.91 bits per heavy atom. The maximum Gasteiger partial charge on any atom is 0.255 e. The van der Waals surface area contributed by atoms with Gasteiger partial charge in [-0.2, -0.15) is 0 Å². The molecule has 0 saturated carbocycles. The van der Waals surface area contributed by atoms with Crippen LogP contribution >= 0.6 is 15.9 Å². The number of nitrogens with one attached hydrogen (secondary N) is 1. The van der Waals surface area contributed by atoms with Gasteiger partial charge in [-0.3, -0.25) is 14.9 Å². The maximum absolute atomic E-state index is 11.0. The number of halogens is 1. The van der Waals surface area contributed by atoms with E-state index >= 15 is 0 Å². The number of imide groups is 1. The second kappa shape index (κ2) is 2.77. The number of hydrogen-bond donors (Lipinski definition) is 1. The summed E-state index contributed by atoms with van der Waals surface area (Å²) in [4.78, 5) is 21.8. The van der Waals surface area contributed by atoms with E-state index in [-0.39, 0.29) is 16.6 Å². The second-order valence-corrected chi connectivity index (χ2v) is 3.81. The van der Waals surface area contributed by atoms with Gasteiger partial charge in [-0.15, -0.1) is 0 Å². The Labute approximate surface area is 73.0 Å². The molecule has 1 rings (SSSR count). The molecule has 1 aliphatic heterocycles. The number of carbonyl (C=O) groups is 2. The van der Waals surface area contributed by atoms with E-state index in [4.69, 9.17) is 0 Å². The van der Waals surface area contributed by atoms with Crippen molar-refractivity contribution in [2.45, 2.75) is 18.7 Å². The minimum atomic E-state index is -0.281. The highest BCUT2D eigenvalue weighted by molar-refractivity contribution is 9.09. The lowest BCUT2D eigenvalue weighted by molar-refractivity contribution is -0.124. The number of rotatable bonds is 1. The lowest BCUT2D eigenvalue weighted by Crippen LogP contribution is -2.24. The third-order valence-corrected chi connectivity index (χ3v) is 2.07. The fraction of sp³-hybridized carbons (Fsp3) is 0.429. The molecule has 0 bridgehead atoms. The monoisotopic (exact) mass is 217 g/mol. The van der Waals surface area contributed by atoms with Gasteiger partial charge in [0, 0.05) is 16.0 Å². The first kappa shape index (κ1) is 8.46. The molecule has 1 N–H and O–H groups in total. The fourth-order valence-corrected chi connectivity index (χ4v) is 1.59. The molecule has 0 aliphatic carbocycles. The topological polar surface area (TPSA) is 46.2 Å². The zero-order valence-electron chi connectivity index (χ0n) is 6.27. The standard InChI is InChI=1S/C7H8BrNO2/c1-3-5(4(2)8)7(11)9-6(3)10/h4H,1-2H3,(H,9,10,11)/t4-/m1/s1. The van der Waals surface area contributed by atoms with Gasteiger partial charge in [-0.25, -0.2) is 0 Å². The highest BCUT2D eigenvalue weighted by atomic mass is 79.9. The van der Waals surface area contributed by atoms with Crippen molar-refractivity contribution in [1.29, 1.82) is 0 Å². The van der Waals surface area contributed by atoms with Crippen LogP contribution in [0.5, 0.6) is 0 Å². The average molecular weight is 218 g/mol. The lowest BCUT2D eigenvalue weighted by Gasteiger charge is -2.00. The predicted octanol–water partition coefficient (Wildman–Crippen LogP) is 0.743. The molecule has 0 aromatic heterocycles. The van der Waals surface area contributed by atoms with Crippen molar-refractivity contribution in [1.82, 2.24) is 5.32 Å². The van der Waals surface area contributed by atoms with Crippen LogP contribution in [0.2, 0.25) is 0 Å². The van der Waals surface area contributed by atoms with E-state index in [1.54, 1.807) is 6.92 Å². The number of amides is 2. The van der Waals surface area contributed by atoms with Crippen molar-refractivity contribution in [3.63, 3.8) is 0 Å². The van der Waals surface area contributed by atoms with Crippen molar-refractivity contribution in [2.75, 3.05) is 0 Å². The molecule has 2 amide bonds. The summed E-state index contributed by atoms with van der Waals surface area (Å²) in [5.74, 6) is -0.562. The Morgan fingerprint density at radius 3 is 2.09 bits per heavy atom. The molecule has 0 radical (unpaired) electrons. The third kappa shape index (κ3) is 1.35. The molecular weight excluding hydrogens is 210 g/mol. The zero-order valence-corrected chi connectivity index (χ0v) is 7.86. The summed E-state index contributed by atoms with van der Waals surface area (Å²) in [6.45, 7) is 3.46. The van der Waals surface area contributed by atoms with Crippen LogP contribution < -0.4 is 5.32 Å². The van der Waals surface area contributed by atoms with E-state index in [0.717, 1.165) is 0 Å². The Hall–Kier alpha value is -0.640. The molecule has 1 aliphatic rings. The highest BCUT2D eigenvalue weighted by Crippen LogP contribution is 2.20. The Kier molecular flexibility index (Phi) is 2.13. The van der Waals surface area contributed by atoms with Gasteiger partial charge in [0.1, 0.15) is 0 Å². The first-order valence-electron chi connectivity index (χ1n) is 3.24. The second-order valence-electron chi connectivity index (χ2n) is 2.44. The minimum absolute atomic E-state index is 0.0612. The molecule has 0 fully saturated rings. The minimum Gasteiger partial charge on any atom is -0.289 e. The third-order valence-electron chi connectivity index (χ3n) is 1.61.